The summed E-state index contributed by atoms with van der Waals surface area (Å²) in [6.45, 7) is 0.0762. The Morgan fingerprint density at radius 2 is 2.00 bits per heavy atom. The van der Waals surface area contributed by atoms with Crippen LogP contribution in [0.3, 0.4) is 0 Å². The Kier molecular flexibility index (Phi) is 7.41. The van der Waals surface area contributed by atoms with Crippen LogP contribution in [0.5, 0.6) is 0 Å². The number of sulfonamides is 1. The second-order valence-electron chi connectivity index (χ2n) is 7.01. The van der Waals surface area contributed by atoms with Gasteiger partial charge in [0, 0.05) is 24.9 Å². The Labute approximate surface area is 186 Å². The van der Waals surface area contributed by atoms with E-state index in [0.29, 0.717) is 0 Å². The maximum Gasteiger partial charge on any atom is 0.330 e. The van der Waals surface area contributed by atoms with Gasteiger partial charge in [0.05, 0.1) is 11.5 Å². The number of nitro groups is 1. The summed E-state index contributed by atoms with van der Waals surface area (Å²) in [4.78, 5) is 35.5. The predicted octanol–water partition coefficient (Wildman–Crippen LogP) is -1.25. The molecule has 3 N–H and O–H groups in total. The van der Waals surface area contributed by atoms with E-state index < -0.39 is 74.7 Å². The third-order valence-electron chi connectivity index (χ3n) is 5.06. The fourth-order valence-corrected chi connectivity index (χ4v) is 4.84. The van der Waals surface area contributed by atoms with Crippen molar-refractivity contribution >= 4 is 15.7 Å². The molecule has 4 atom stereocenters. The molecule has 15 heteroatoms. The van der Waals surface area contributed by atoms with Gasteiger partial charge in [0.2, 0.25) is 0 Å². The molecule has 33 heavy (non-hydrogen) atoms. The molecular weight excluding hydrogens is 464 g/mol. The predicted molar refractivity (Wildman–Crippen MR) is 111 cm³/mol. The third kappa shape index (κ3) is 4.87. The molecule has 0 aliphatic carbocycles. The summed E-state index contributed by atoms with van der Waals surface area (Å²) in [5.74, 6) is 0. The normalized spacial score (nSPS) is 23.2. The van der Waals surface area contributed by atoms with Gasteiger partial charge in [-0.15, -0.1) is 0 Å². The molecule has 0 bridgehead atoms. The lowest BCUT2D eigenvalue weighted by molar-refractivity contribution is -0.387. The second-order valence-corrected chi connectivity index (χ2v) is 8.92. The van der Waals surface area contributed by atoms with Gasteiger partial charge in [-0.2, -0.15) is 4.31 Å². The van der Waals surface area contributed by atoms with Crippen molar-refractivity contribution in [3.8, 4) is 0 Å². The van der Waals surface area contributed by atoms with Crippen LogP contribution in [0.4, 0.5) is 5.69 Å². The highest BCUT2D eigenvalue weighted by Crippen LogP contribution is 2.32. The van der Waals surface area contributed by atoms with Gasteiger partial charge in [0.25, 0.3) is 21.3 Å². The molecule has 0 radical (unpaired) electrons. The summed E-state index contributed by atoms with van der Waals surface area (Å²) in [6.07, 6.45) is -4.11. The topological polar surface area (TPSA) is 194 Å². The molecule has 2 aromatic rings. The highest BCUT2D eigenvalue weighted by atomic mass is 32.2. The third-order valence-corrected chi connectivity index (χ3v) is 7.01. The number of benzene rings is 1. The van der Waals surface area contributed by atoms with E-state index in [1.54, 1.807) is 0 Å². The van der Waals surface area contributed by atoms with Gasteiger partial charge in [-0.1, -0.05) is 19.1 Å². The zero-order chi connectivity index (χ0) is 24.3. The first-order valence-corrected chi connectivity index (χ1v) is 11.2. The van der Waals surface area contributed by atoms with Crippen molar-refractivity contribution in [3.05, 3.63) is 67.5 Å². The highest BCUT2D eigenvalue weighted by molar-refractivity contribution is 7.89. The van der Waals surface area contributed by atoms with Crippen LogP contribution < -0.4 is 11.2 Å². The van der Waals surface area contributed by atoms with Crippen molar-refractivity contribution < 1.29 is 33.0 Å². The van der Waals surface area contributed by atoms with Gasteiger partial charge >= 0.3 is 5.69 Å². The van der Waals surface area contributed by atoms with Crippen LogP contribution in [0.15, 0.2) is 51.0 Å². The quantitative estimate of drug-likeness (QED) is 0.219. The van der Waals surface area contributed by atoms with Crippen LogP contribution >= 0.6 is 0 Å². The molecule has 1 aliphatic heterocycles. The molecule has 0 amide bonds. The number of nitrogens with one attached hydrogen (secondary N) is 1. The molecule has 14 nitrogen and oxygen atoms in total. The molecule has 3 rings (SSSR count). The molecule has 1 unspecified atom stereocenters. The van der Waals surface area contributed by atoms with Crippen LogP contribution in [0.2, 0.25) is 0 Å². The molecule has 2 heterocycles. The van der Waals surface area contributed by atoms with Gasteiger partial charge in [0.15, 0.2) is 11.1 Å². The Bertz CT molecular complexity index is 1230. The Morgan fingerprint density at radius 1 is 1.30 bits per heavy atom. The van der Waals surface area contributed by atoms with E-state index in [1.807, 2.05) is 4.98 Å². The van der Waals surface area contributed by atoms with Gasteiger partial charge in [-0.05, 0) is 6.07 Å². The average Bonchev–Trinajstić information content (AvgIpc) is 3.09. The zero-order valence-electron chi connectivity index (χ0n) is 17.3. The maximum absolute atomic E-state index is 13.1. The molecule has 0 spiro atoms. The molecular formula is C18H22N4O10S. The monoisotopic (exact) mass is 486 g/mol. The summed E-state index contributed by atoms with van der Waals surface area (Å²) in [5, 5.41) is 31.2. The maximum atomic E-state index is 13.1. The number of aromatic nitrogens is 2. The van der Waals surface area contributed by atoms with E-state index in [-0.39, 0.29) is 6.54 Å². The first-order valence-electron chi connectivity index (χ1n) is 9.72. The summed E-state index contributed by atoms with van der Waals surface area (Å²) >= 11 is 0. The molecule has 0 saturated carbocycles. The lowest BCUT2D eigenvalue weighted by Gasteiger charge is -2.26. The van der Waals surface area contributed by atoms with Crippen LogP contribution in [0.1, 0.15) is 13.2 Å². The van der Waals surface area contributed by atoms with Crippen molar-refractivity contribution in [1.29, 1.82) is 0 Å². The lowest BCUT2D eigenvalue weighted by atomic mass is 10.1. The van der Waals surface area contributed by atoms with E-state index in [2.05, 4.69) is 0 Å². The number of rotatable bonds is 9. The molecule has 1 aromatic heterocycles. The number of aromatic amines is 1. The Balaban J connectivity index is 1.89. The van der Waals surface area contributed by atoms with E-state index >= 15 is 0 Å². The Morgan fingerprint density at radius 3 is 2.61 bits per heavy atom. The first-order chi connectivity index (χ1) is 15.6. The first kappa shape index (κ1) is 24.7. The van der Waals surface area contributed by atoms with Crippen molar-refractivity contribution in [3.63, 3.8) is 0 Å². The molecule has 1 fully saturated rings. The summed E-state index contributed by atoms with van der Waals surface area (Å²) in [6, 6.07) is 5.86. The highest BCUT2D eigenvalue weighted by Gasteiger charge is 2.46. The van der Waals surface area contributed by atoms with Crippen molar-refractivity contribution in [2.24, 2.45) is 0 Å². The SMILES string of the molecule is CCN(CO[C@H]1C(O)[C@@H](CO)O[C@H]1n1ccc(=O)[nH]c1=O)S(=O)(=O)c1ccccc1[N+](=O)[O-]. The summed E-state index contributed by atoms with van der Waals surface area (Å²) < 4.78 is 38.9. The zero-order valence-corrected chi connectivity index (χ0v) is 18.1. The smallest absolute Gasteiger partial charge is 0.330 e. The number of H-pyrrole nitrogens is 1. The Hall–Kier alpha value is -2.95. The number of para-hydroxylation sites is 1. The standard InChI is InChI=1S/C18H22N4O10S/c1-2-20(33(29,30)13-6-4-3-5-11(13)22(27)28)10-31-16-15(25)12(9-23)32-17(16)21-8-7-14(24)19-18(21)26/h3-8,12,15-17,23,25H,2,9-10H2,1H3,(H,19,24,26)/t12-,15?,16+,17-/m1/s1. The number of hydrogen-bond acceptors (Lipinski definition) is 10. The van der Waals surface area contributed by atoms with Crippen LogP contribution in [0, 0.1) is 10.1 Å². The lowest BCUT2D eigenvalue weighted by Crippen LogP contribution is -2.42. The van der Waals surface area contributed by atoms with E-state index in [4.69, 9.17) is 9.47 Å². The van der Waals surface area contributed by atoms with Crippen molar-refractivity contribution in [2.75, 3.05) is 19.9 Å². The van der Waals surface area contributed by atoms with Crippen LogP contribution in [0.25, 0.3) is 0 Å². The minimum atomic E-state index is -4.37. The number of aliphatic hydroxyl groups excluding tert-OH is 2. The molecule has 1 aliphatic rings. The van der Waals surface area contributed by atoms with Gasteiger partial charge in [-0.25, -0.2) is 13.2 Å². The fourth-order valence-electron chi connectivity index (χ4n) is 3.37. The van der Waals surface area contributed by atoms with Crippen molar-refractivity contribution in [2.45, 2.75) is 36.4 Å². The van der Waals surface area contributed by atoms with E-state index in [0.717, 1.165) is 33.3 Å². The number of aliphatic hydroxyl groups is 2. The summed E-state index contributed by atoms with van der Waals surface area (Å²) in [7, 11) is -4.37. The average molecular weight is 486 g/mol. The van der Waals surface area contributed by atoms with Gasteiger partial charge < -0.3 is 19.7 Å². The molecule has 1 aromatic carbocycles. The van der Waals surface area contributed by atoms with Crippen molar-refractivity contribution in [1.82, 2.24) is 13.9 Å². The number of nitro benzene ring substituents is 1. The number of nitrogens with zero attached hydrogens (tertiary/aromatic N) is 3. The van der Waals surface area contributed by atoms with Crippen LogP contribution in [-0.2, 0) is 19.5 Å². The van der Waals surface area contributed by atoms with Crippen LogP contribution in [-0.4, -0.2) is 75.6 Å². The number of hydrogen-bond donors (Lipinski definition) is 3. The largest absolute Gasteiger partial charge is 0.394 e. The van der Waals surface area contributed by atoms with E-state index in [9.17, 15) is 38.3 Å². The van der Waals surface area contributed by atoms with Gasteiger partial charge in [-0.3, -0.25) is 24.5 Å². The minimum Gasteiger partial charge on any atom is -0.394 e. The van der Waals surface area contributed by atoms with E-state index in [1.165, 1.54) is 19.1 Å². The summed E-state index contributed by atoms with van der Waals surface area (Å²) in [5.41, 5.74) is -2.15. The second kappa shape index (κ2) is 9.90. The fraction of sp³-hybridized carbons (Fsp3) is 0.444. The molecule has 1 saturated heterocycles. The molecule has 180 valence electrons. The number of ether oxygens (including phenoxy) is 2. The minimum absolute atomic E-state index is 0.134. The van der Waals surface area contributed by atoms with Gasteiger partial charge in [0.1, 0.15) is 25.0 Å².